The highest BCUT2D eigenvalue weighted by Gasteiger charge is 2.24. The van der Waals surface area contributed by atoms with Crippen LogP contribution in [0.5, 0.6) is 0 Å². The summed E-state index contributed by atoms with van der Waals surface area (Å²) in [5, 5.41) is 0.439. The second-order valence-electron chi connectivity index (χ2n) is 4.31. The molecule has 0 radical (unpaired) electrons. The number of hydrogen-bond donors (Lipinski definition) is 1. The summed E-state index contributed by atoms with van der Waals surface area (Å²) in [4.78, 5) is 11.5. The van der Waals surface area contributed by atoms with Crippen molar-refractivity contribution in [3.8, 4) is 0 Å². The topological polar surface area (TPSA) is 80.5 Å². The van der Waals surface area contributed by atoms with Gasteiger partial charge in [-0.1, -0.05) is 23.7 Å². The largest absolute Gasteiger partial charge is 0.366 e. The van der Waals surface area contributed by atoms with Gasteiger partial charge in [-0.3, -0.25) is 9.10 Å². The molecule has 0 saturated heterocycles. The predicted molar refractivity (Wildman–Crippen MR) is 82.0 cm³/mol. The molecule has 0 bridgehead atoms. The highest BCUT2D eigenvalue weighted by Crippen LogP contribution is 2.26. The molecule has 21 heavy (non-hydrogen) atoms. The van der Waals surface area contributed by atoms with Crippen LogP contribution in [0.15, 0.2) is 53.4 Å². The first-order valence-electron chi connectivity index (χ1n) is 5.97. The normalized spacial score (nSPS) is 11.1. The van der Waals surface area contributed by atoms with Crippen molar-refractivity contribution in [3.63, 3.8) is 0 Å². The second kappa shape index (κ2) is 5.75. The molecular formula is C14H13ClN2O3S. The van der Waals surface area contributed by atoms with E-state index in [0.717, 1.165) is 4.31 Å². The Hall–Kier alpha value is -2.05. The molecule has 0 aliphatic carbocycles. The molecule has 5 nitrogen and oxygen atoms in total. The molecule has 2 aromatic carbocycles. The van der Waals surface area contributed by atoms with Crippen molar-refractivity contribution in [2.45, 2.75) is 4.90 Å². The molecule has 2 aromatic rings. The third-order valence-corrected chi connectivity index (χ3v) is 5.02. The van der Waals surface area contributed by atoms with Crippen molar-refractivity contribution in [3.05, 3.63) is 59.1 Å². The number of benzene rings is 2. The number of nitrogens with zero attached hydrogens (tertiary/aromatic N) is 1. The van der Waals surface area contributed by atoms with Crippen LogP contribution >= 0.6 is 11.6 Å². The summed E-state index contributed by atoms with van der Waals surface area (Å²) >= 11 is 5.76. The number of para-hydroxylation sites is 1. The van der Waals surface area contributed by atoms with Gasteiger partial charge in [-0.05, 0) is 36.4 Å². The number of anilines is 1. The summed E-state index contributed by atoms with van der Waals surface area (Å²) in [5.41, 5.74) is 5.64. The molecule has 0 heterocycles. The maximum Gasteiger partial charge on any atom is 0.264 e. The molecule has 0 spiro atoms. The van der Waals surface area contributed by atoms with E-state index in [9.17, 15) is 13.2 Å². The number of carbonyl (C=O) groups is 1. The van der Waals surface area contributed by atoms with E-state index >= 15 is 0 Å². The first-order valence-corrected chi connectivity index (χ1v) is 7.79. The minimum absolute atomic E-state index is 0.0775. The van der Waals surface area contributed by atoms with E-state index in [4.69, 9.17) is 17.3 Å². The lowest BCUT2D eigenvalue weighted by Crippen LogP contribution is -2.29. The number of primary amides is 1. The molecule has 1 amide bonds. The van der Waals surface area contributed by atoms with Crippen molar-refractivity contribution in [1.82, 2.24) is 0 Å². The van der Waals surface area contributed by atoms with Crippen LogP contribution in [0.25, 0.3) is 0 Å². The van der Waals surface area contributed by atoms with Gasteiger partial charge in [0, 0.05) is 12.1 Å². The standard InChI is InChI=1S/C14H13ClN2O3S/c1-17(13-5-3-2-4-12(13)14(16)18)21(19,20)11-8-6-10(15)7-9-11/h2-9H,1H3,(H2,16,18). The minimum atomic E-state index is -3.80. The molecular weight excluding hydrogens is 312 g/mol. The predicted octanol–water partition coefficient (Wildman–Crippen LogP) is 2.26. The molecule has 7 heteroatoms. The number of sulfonamides is 1. The molecule has 2 N–H and O–H groups in total. The Bertz CT molecular complexity index is 773. The highest BCUT2D eigenvalue weighted by atomic mass is 35.5. The fourth-order valence-corrected chi connectivity index (χ4v) is 3.19. The first-order chi connectivity index (χ1) is 9.84. The summed E-state index contributed by atoms with van der Waals surface area (Å²) in [7, 11) is -2.43. The van der Waals surface area contributed by atoms with Crippen molar-refractivity contribution >= 4 is 33.2 Å². The summed E-state index contributed by atoms with van der Waals surface area (Å²) in [6.45, 7) is 0. The molecule has 110 valence electrons. The quantitative estimate of drug-likeness (QED) is 0.936. The number of amides is 1. The van der Waals surface area contributed by atoms with Crippen molar-refractivity contribution in [2.24, 2.45) is 5.73 Å². The van der Waals surface area contributed by atoms with Gasteiger partial charge in [0.05, 0.1) is 16.1 Å². The summed E-state index contributed by atoms with van der Waals surface area (Å²) in [6, 6.07) is 12.0. The average molecular weight is 325 g/mol. The van der Waals surface area contributed by atoms with Crippen LogP contribution in [0, 0.1) is 0 Å². The lowest BCUT2D eigenvalue weighted by molar-refractivity contribution is 0.100. The van der Waals surface area contributed by atoms with Gasteiger partial charge >= 0.3 is 0 Å². The maximum absolute atomic E-state index is 12.5. The van der Waals surface area contributed by atoms with E-state index in [1.54, 1.807) is 12.1 Å². The molecule has 0 aliphatic rings. The van der Waals surface area contributed by atoms with E-state index in [2.05, 4.69) is 0 Å². The van der Waals surface area contributed by atoms with Gasteiger partial charge in [-0.2, -0.15) is 0 Å². The van der Waals surface area contributed by atoms with Crippen molar-refractivity contribution in [1.29, 1.82) is 0 Å². The van der Waals surface area contributed by atoms with E-state index in [0.29, 0.717) is 5.02 Å². The summed E-state index contributed by atoms with van der Waals surface area (Å²) in [5.74, 6) is -0.691. The van der Waals surface area contributed by atoms with Gasteiger partial charge in [0.15, 0.2) is 0 Å². The van der Waals surface area contributed by atoms with Crippen LogP contribution in [0.3, 0.4) is 0 Å². The Balaban J connectivity index is 2.51. The Morgan fingerprint density at radius 3 is 2.24 bits per heavy atom. The number of halogens is 1. The Kier molecular flexibility index (Phi) is 4.20. The summed E-state index contributed by atoms with van der Waals surface area (Å²) < 4.78 is 26.1. The average Bonchev–Trinajstić information content (AvgIpc) is 2.46. The van der Waals surface area contributed by atoms with Gasteiger partial charge in [-0.25, -0.2) is 8.42 Å². The minimum Gasteiger partial charge on any atom is -0.366 e. The number of carbonyl (C=O) groups excluding carboxylic acids is 1. The molecule has 0 aromatic heterocycles. The van der Waals surface area contributed by atoms with Crippen LogP contribution in [0.1, 0.15) is 10.4 Å². The fraction of sp³-hybridized carbons (Fsp3) is 0.0714. The molecule has 2 rings (SSSR count). The number of hydrogen-bond acceptors (Lipinski definition) is 3. The van der Waals surface area contributed by atoms with Crippen LogP contribution in [-0.4, -0.2) is 21.4 Å². The smallest absolute Gasteiger partial charge is 0.264 e. The lowest BCUT2D eigenvalue weighted by Gasteiger charge is -2.21. The first kappa shape index (κ1) is 15.3. The fourth-order valence-electron chi connectivity index (χ4n) is 1.85. The van der Waals surface area contributed by atoms with E-state index < -0.39 is 15.9 Å². The Morgan fingerprint density at radius 2 is 1.67 bits per heavy atom. The molecule has 0 saturated carbocycles. The van der Waals surface area contributed by atoms with E-state index in [-0.39, 0.29) is 16.1 Å². The van der Waals surface area contributed by atoms with Gasteiger partial charge in [0.25, 0.3) is 15.9 Å². The monoisotopic (exact) mass is 324 g/mol. The molecule has 0 atom stereocenters. The van der Waals surface area contributed by atoms with Crippen molar-refractivity contribution in [2.75, 3.05) is 11.4 Å². The van der Waals surface area contributed by atoms with Gasteiger partial charge in [0.1, 0.15) is 0 Å². The lowest BCUT2D eigenvalue weighted by atomic mass is 10.2. The van der Waals surface area contributed by atoms with Gasteiger partial charge < -0.3 is 5.73 Å². The van der Waals surface area contributed by atoms with Crippen molar-refractivity contribution < 1.29 is 13.2 Å². The zero-order valence-corrected chi connectivity index (χ0v) is 12.7. The van der Waals surface area contributed by atoms with E-state index in [1.165, 1.54) is 43.4 Å². The Labute approximate surface area is 128 Å². The van der Waals surface area contributed by atoms with Gasteiger partial charge in [-0.15, -0.1) is 0 Å². The maximum atomic E-state index is 12.5. The van der Waals surface area contributed by atoms with Crippen LogP contribution in [0.2, 0.25) is 5.02 Å². The van der Waals surface area contributed by atoms with E-state index in [1.807, 2.05) is 0 Å². The molecule has 0 aliphatic heterocycles. The molecule has 0 unspecified atom stereocenters. The van der Waals surface area contributed by atoms with Crippen LogP contribution < -0.4 is 10.0 Å². The highest BCUT2D eigenvalue weighted by molar-refractivity contribution is 7.92. The van der Waals surface area contributed by atoms with Gasteiger partial charge in [0.2, 0.25) is 0 Å². The zero-order chi connectivity index (χ0) is 15.6. The third-order valence-electron chi connectivity index (χ3n) is 2.98. The Morgan fingerprint density at radius 1 is 1.10 bits per heavy atom. The zero-order valence-electron chi connectivity index (χ0n) is 11.2. The number of nitrogens with two attached hydrogens (primary N) is 1. The summed E-state index contributed by atoms with van der Waals surface area (Å²) in [6.07, 6.45) is 0. The third kappa shape index (κ3) is 3.01. The molecule has 0 fully saturated rings. The number of rotatable bonds is 4. The van der Waals surface area contributed by atoms with Crippen LogP contribution in [-0.2, 0) is 10.0 Å². The SMILES string of the molecule is CN(c1ccccc1C(N)=O)S(=O)(=O)c1ccc(Cl)cc1. The second-order valence-corrected chi connectivity index (χ2v) is 6.71. The van der Waals surface area contributed by atoms with Crippen LogP contribution in [0.4, 0.5) is 5.69 Å².